The van der Waals surface area contributed by atoms with Gasteiger partial charge < -0.3 is 15.1 Å². The van der Waals surface area contributed by atoms with Gasteiger partial charge in [-0.2, -0.15) is 0 Å². The van der Waals surface area contributed by atoms with Gasteiger partial charge in [-0.25, -0.2) is 9.18 Å². The largest absolute Gasteiger partial charge is 0.324 e. The molecule has 3 rings (SSSR count). The molecule has 0 radical (unpaired) electrons. The van der Waals surface area contributed by atoms with Gasteiger partial charge in [-0.15, -0.1) is 0 Å². The first kappa shape index (κ1) is 15.6. The smallest absolute Gasteiger partial charge is 0.321 e. The number of carbonyl (C=O) groups excluding carboxylic acids is 1. The highest BCUT2D eigenvalue weighted by Gasteiger charge is 2.44. The predicted molar refractivity (Wildman–Crippen MR) is 85.7 cm³/mol. The molecule has 6 heteroatoms. The first-order chi connectivity index (χ1) is 10.5. The van der Waals surface area contributed by atoms with Gasteiger partial charge in [0.2, 0.25) is 0 Å². The maximum Gasteiger partial charge on any atom is 0.321 e. The highest BCUT2D eigenvalue weighted by atomic mass is 35.5. The van der Waals surface area contributed by atoms with E-state index >= 15 is 0 Å². The minimum absolute atomic E-state index is 0.0582. The van der Waals surface area contributed by atoms with Gasteiger partial charge >= 0.3 is 6.03 Å². The number of hydrogen-bond donors (Lipinski definition) is 1. The lowest BCUT2D eigenvalue weighted by Crippen LogP contribution is -2.53. The number of nitrogens with one attached hydrogen (secondary N) is 1. The summed E-state index contributed by atoms with van der Waals surface area (Å²) < 4.78 is 13.4. The molecule has 1 aromatic carbocycles. The van der Waals surface area contributed by atoms with Gasteiger partial charge in [-0.05, 0) is 57.0 Å². The van der Waals surface area contributed by atoms with Crippen LogP contribution in [-0.4, -0.2) is 49.1 Å². The van der Waals surface area contributed by atoms with E-state index < -0.39 is 5.82 Å². The van der Waals surface area contributed by atoms with Crippen molar-refractivity contribution in [3.05, 3.63) is 29.0 Å². The van der Waals surface area contributed by atoms with Crippen LogP contribution in [0.5, 0.6) is 0 Å². The summed E-state index contributed by atoms with van der Waals surface area (Å²) in [6.07, 6.45) is 2.35. The van der Waals surface area contributed by atoms with E-state index in [4.69, 9.17) is 11.6 Å². The number of fused-ring (bicyclic) bond motifs is 2. The van der Waals surface area contributed by atoms with Crippen molar-refractivity contribution in [2.45, 2.75) is 18.9 Å². The highest BCUT2D eigenvalue weighted by molar-refractivity contribution is 6.30. The van der Waals surface area contributed by atoms with Crippen LogP contribution in [0.4, 0.5) is 14.9 Å². The molecule has 22 heavy (non-hydrogen) atoms. The first-order valence-corrected chi connectivity index (χ1v) is 8.01. The van der Waals surface area contributed by atoms with Crippen molar-refractivity contribution in [1.29, 1.82) is 0 Å². The Morgan fingerprint density at radius 2 is 1.95 bits per heavy atom. The fourth-order valence-electron chi connectivity index (χ4n) is 3.98. The van der Waals surface area contributed by atoms with Crippen molar-refractivity contribution in [2.24, 2.45) is 11.8 Å². The summed E-state index contributed by atoms with van der Waals surface area (Å²) in [6.45, 7) is 1.53. The third kappa shape index (κ3) is 2.92. The van der Waals surface area contributed by atoms with E-state index in [9.17, 15) is 9.18 Å². The van der Waals surface area contributed by atoms with Gasteiger partial charge in [0.1, 0.15) is 5.82 Å². The summed E-state index contributed by atoms with van der Waals surface area (Å²) in [5, 5.41) is 2.83. The zero-order valence-electron chi connectivity index (χ0n) is 12.9. The third-order valence-electron chi connectivity index (χ3n) is 4.84. The number of nitrogens with zero attached hydrogens (tertiary/aromatic N) is 2. The van der Waals surface area contributed by atoms with E-state index in [-0.39, 0.29) is 11.1 Å². The Morgan fingerprint density at radius 1 is 1.32 bits per heavy atom. The molecule has 1 aliphatic heterocycles. The number of halogens is 2. The van der Waals surface area contributed by atoms with Gasteiger partial charge in [0.15, 0.2) is 0 Å². The molecular formula is C16H21ClFN3O. The molecule has 2 aliphatic rings. The molecule has 2 bridgehead atoms. The molecule has 3 atom stereocenters. The number of hydrogen-bond acceptors (Lipinski definition) is 2. The Kier molecular flexibility index (Phi) is 4.28. The highest BCUT2D eigenvalue weighted by Crippen LogP contribution is 2.39. The summed E-state index contributed by atoms with van der Waals surface area (Å²) in [6, 6.07) is 4.73. The molecule has 4 nitrogen and oxygen atoms in total. The number of anilines is 1. The normalized spacial score (nSPS) is 27.3. The van der Waals surface area contributed by atoms with Crippen molar-refractivity contribution in [2.75, 3.05) is 32.5 Å². The van der Waals surface area contributed by atoms with E-state index in [0.717, 1.165) is 13.1 Å². The van der Waals surface area contributed by atoms with Crippen molar-refractivity contribution in [3.63, 3.8) is 0 Å². The number of benzene rings is 1. The Morgan fingerprint density at radius 3 is 2.50 bits per heavy atom. The molecule has 0 aromatic heterocycles. The average Bonchev–Trinajstić information content (AvgIpc) is 2.74. The molecule has 0 spiro atoms. The van der Waals surface area contributed by atoms with Gasteiger partial charge in [-0.3, -0.25) is 0 Å². The zero-order valence-corrected chi connectivity index (χ0v) is 13.6. The number of carbonyl (C=O) groups is 1. The van der Waals surface area contributed by atoms with Crippen molar-refractivity contribution < 1.29 is 9.18 Å². The minimum atomic E-state index is -0.522. The quantitative estimate of drug-likeness (QED) is 0.905. The van der Waals surface area contributed by atoms with Crippen LogP contribution in [0.3, 0.4) is 0 Å². The second-order valence-corrected chi connectivity index (χ2v) is 6.92. The van der Waals surface area contributed by atoms with Crippen LogP contribution in [0.1, 0.15) is 12.8 Å². The molecule has 1 aliphatic carbocycles. The molecule has 1 aromatic rings. The van der Waals surface area contributed by atoms with E-state index in [0.29, 0.717) is 23.6 Å². The molecule has 1 N–H and O–H groups in total. The summed E-state index contributed by atoms with van der Waals surface area (Å²) in [4.78, 5) is 16.5. The van der Waals surface area contributed by atoms with E-state index in [1.807, 2.05) is 4.90 Å². The zero-order chi connectivity index (χ0) is 15.9. The maximum atomic E-state index is 13.4. The molecule has 2 amide bonds. The molecule has 1 saturated carbocycles. The Labute approximate surface area is 135 Å². The summed E-state index contributed by atoms with van der Waals surface area (Å²) in [5.74, 6) is 0.536. The van der Waals surface area contributed by atoms with Crippen LogP contribution >= 0.6 is 11.6 Å². The summed E-state index contributed by atoms with van der Waals surface area (Å²) in [7, 11) is 4.23. The SMILES string of the molecule is CN(C)C1[C@@H]2CC[C@H]1CN(C(=O)Nc1ccc(Cl)c(F)c1)C2. The van der Waals surface area contributed by atoms with Gasteiger partial charge in [-0.1, -0.05) is 11.6 Å². The molecule has 1 heterocycles. The van der Waals surface area contributed by atoms with E-state index in [1.54, 1.807) is 6.07 Å². The number of amides is 2. The number of rotatable bonds is 2. The molecule has 2 fully saturated rings. The fraction of sp³-hybridized carbons (Fsp3) is 0.562. The monoisotopic (exact) mass is 325 g/mol. The minimum Gasteiger partial charge on any atom is -0.324 e. The lowest BCUT2D eigenvalue weighted by molar-refractivity contribution is 0.0953. The van der Waals surface area contributed by atoms with Crippen molar-refractivity contribution in [3.8, 4) is 0 Å². The van der Waals surface area contributed by atoms with E-state index in [2.05, 4.69) is 24.3 Å². The summed E-state index contributed by atoms with van der Waals surface area (Å²) in [5.41, 5.74) is 0.439. The average molecular weight is 326 g/mol. The van der Waals surface area contributed by atoms with Gasteiger partial charge in [0.05, 0.1) is 5.02 Å². The molecule has 1 unspecified atom stereocenters. The molecular weight excluding hydrogens is 305 g/mol. The van der Waals surface area contributed by atoms with Crippen LogP contribution in [0.2, 0.25) is 5.02 Å². The lowest BCUT2D eigenvalue weighted by Gasteiger charge is -2.41. The maximum absolute atomic E-state index is 13.4. The van der Waals surface area contributed by atoms with Gasteiger partial charge in [0, 0.05) is 24.8 Å². The Bertz CT molecular complexity index is 567. The topological polar surface area (TPSA) is 35.6 Å². The predicted octanol–water partition coefficient (Wildman–Crippen LogP) is 3.28. The lowest BCUT2D eigenvalue weighted by atomic mass is 9.91. The summed E-state index contributed by atoms with van der Waals surface area (Å²) >= 11 is 5.66. The first-order valence-electron chi connectivity index (χ1n) is 7.63. The van der Waals surface area contributed by atoms with E-state index in [1.165, 1.54) is 25.0 Å². The second-order valence-electron chi connectivity index (χ2n) is 6.52. The van der Waals surface area contributed by atoms with Crippen LogP contribution in [0.15, 0.2) is 18.2 Å². The van der Waals surface area contributed by atoms with Crippen LogP contribution in [0, 0.1) is 17.7 Å². The fourth-order valence-corrected chi connectivity index (χ4v) is 4.10. The Hall–Kier alpha value is -1.33. The van der Waals surface area contributed by atoms with Gasteiger partial charge in [0.25, 0.3) is 0 Å². The van der Waals surface area contributed by atoms with Crippen LogP contribution in [-0.2, 0) is 0 Å². The molecule has 1 saturated heterocycles. The number of likely N-dealkylation sites (tertiary alicyclic amines) is 1. The standard InChI is InChI=1S/C16H21ClFN3O/c1-20(2)15-10-3-4-11(15)9-21(8-10)16(22)19-12-5-6-13(17)14(18)7-12/h5-7,10-11,15H,3-4,8-9H2,1-2H3,(H,19,22)/t10-,11+,15?. The van der Waals surface area contributed by atoms with Crippen LogP contribution in [0.25, 0.3) is 0 Å². The van der Waals surface area contributed by atoms with Crippen LogP contribution < -0.4 is 5.32 Å². The van der Waals surface area contributed by atoms with Crippen molar-refractivity contribution >= 4 is 23.3 Å². The van der Waals surface area contributed by atoms with Crippen molar-refractivity contribution in [1.82, 2.24) is 9.80 Å². The Balaban J connectivity index is 1.66. The number of piperidine rings is 1. The second kappa shape index (κ2) is 6.05. The third-order valence-corrected chi connectivity index (χ3v) is 5.14. The molecule has 120 valence electrons. The number of urea groups is 1.